The highest BCUT2D eigenvalue weighted by Gasteiger charge is 2.26. The normalized spacial score (nSPS) is 13.6. The van der Waals surface area contributed by atoms with Crippen molar-refractivity contribution in [3.63, 3.8) is 0 Å². The van der Waals surface area contributed by atoms with E-state index in [4.69, 9.17) is 4.42 Å². The van der Waals surface area contributed by atoms with Gasteiger partial charge in [0, 0.05) is 18.5 Å². The summed E-state index contributed by atoms with van der Waals surface area (Å²) in [6.45, 7) is 2.75. The van der Waals surface area contributed by atoms with Crippen LogP contribution >= 0.6 is 0 Å². The van der Waals surface area contributed by atoms with E-state index in [1.165, 1.54) is 6.26 Å². The number of hydrogen-bond donors (Lipinski definition) is 1. The van der Waals surface area contributed by atoms with E-state index in [2.05, 4.69) is 9.97 Å². The van der Waals surface area contributed by atoms with Crippen molar-refractivity contribution in [3.05, 3.63) is 75.6 Å². The molecular formula is C19H17N3O3. The third-order valence-corrected chi connectivity index (χ3v) is 4.38. The molecule has 1 aromatic carbocycles. The standard InChI is InChI=1S/C19H17N3O3/c1-12-4-2-5-13(10-12)17-20-15-7-8-22(11-14(15)18(23)21-17)19(24)16-6-3-9-25-16/h2-6,9-10H,7-8,11H2,1H3,(H,20,21,23). The van der Waals surface area contributed by atoms with Gasteiger partial charge in [0.1, 0.15) is 5.82 Å². The van der Waals surface area contributed by atoms with Gasteiger partial charge in [0.05, 0.1) is 24.1 Å². The van der Waals surface area contributed by atoms with Crippen LogP contribution in [-0.4, -0.2) is 27.3 Å². The van der Waals surface area contributed by atoms with Crippen molar-refractivity contribution < 1.29 is 9.21 Å². The Kier molecular flexibility index (Phi) is 3.72. The molecule has 0 unspecified atom stereocenters. The molecule has 1 aliphatic heterocycles. The molecule has 0 aliphatic carbocycles. The number of H-pyrrole nitrogens is 1. The van der Waals surface area contributed by atoms with Crippen LogP contribution in [-0.2, 0) is 13.0 Å². The number of carbonyl (C=O) groups is 1. The highest BCUT2D eigenvalue weighted by Crippen LogP contribution is 2.20. The maximum Gasteiger partial charge on any atom is 0.289 e. The lowest BCUT2D eigenvalue weighted by molar-refractivity contribution is 0.0700. The van der Waals surface area contributed by atoms with E-state index in [1.807, 2.05) is 31.2 Å². The molecule has 2 aromatic heterocycles. The van der Waals surface area contributed by atoms with Gasteiger partial charge >= 0.3 is 0 Å². The van der Waals surface area contributed by atoms with Crippen LogP contribution in [0, 0.1) is 6.92 Å². The Morgan fingerprint density at radius 1 is 1.28 bits per heavy atom. The summed E-state index contributed by atoms with van der Waals surface area (Å²) in [6, 6.07) is 11.1. The molecular weight excluding hydrogens is 318 g/mol. The van der Waals surface area contributed by atoms with Gasteiger partial charge in [-0.05, 0) is 25.1 Å². The van der Waals surface area contributed by atoms with Crippen LogP contribution < -0.4 is 5.56 Å². The van der Waals surface area contributed by atoms with Crippen LogP contribution in [0.25, 0.3) is 11.4 Å². The molecule has 0 saturated heterocycles. The maximum absolute atomic E-state index is 12.5. The molecule has 6 nitrogen and oxygen atoms in total. The number of aromatic nitrogens is 2. The molecule has 6 heteroatoms. The van der Waals surface area contributed by atoms with Crippen LogP contribution in [0.3, 0.4) is 0 Å². The minimum atomic E-state index is -0.210. The van der Waals surface area contributed by atoms with E-state index in [0.717, 1.165) is 16.8 Å². The lowest BCUT2D eigenvalue weighted by Crippen LogP contribution is -2.39. The van der Waals surface area contributed by atoms with Crippen LogP contribution in [0.4, 0.5) is 0 Å². The molecule has 1 amide bonds. The number of fused-ring (bicyclic) bond motifs is 1. The molecule has 3 heterocycles. The Labute approximate surface area is 144 Å². The number of aryl methyl sites for hydroxylation is 1. The minimum Gasteiger partial charge on any atom is -0.459 e. The van der Waals surface area contributed by atoms with E-state index in [9.17, 15) is 9.59 Å². The Morgan fingerprint density at radius 3 is 2.92 bits per heavy atom. The predicted octanol–water partition coefficient (Wildman–Crippen LogP) is 2.54. The van der Waals surface area contributed by atoms with E-state index < -0.39 is 0 Å². The number of hydrogen-bond acceptors (Lipinski definition) is 4. The average Bonchev–Trinajstić information content (AvgIpc) is 3.15. The first kappa shape index (κ1) is 15.4. The van der Waals surface area contributed by atoms with Crippen LogP contribution in [0.15, 0.2) is 51.9 Å². The van der Waals surface area contributed by atoms with Crippen LogP contribution in [0.2, 0.25) is 0 Å². The number of amides is 1. The summed E-state index contributed by atoms with van der Waals surface area (Å²) in [6.07, 6.45) is 2.01. The summed E-state index contributed by atoms with van der Waals surface area (Å²) in [5.74, 6) is 0.639. The molecule has 3 aromatic rings. The number of nitrogens with one attached hydrogen (secondary N) is 1. The zero-order valence-corrected chi connectivity index (χ0v) is 13.8. The van der Waals surface area contributed by atoms with Crippen molar-refractivity contribution in [3.8, 4) is 11.4 Å². The summed E-state index contributed by atoms with van der Waals surface area (Å²) in [7, 11) is 0. The maximum atomic E-state index is 12.5. The van der Waals surface area contributed by atoms with Gasteiger partial charge in [-0.15, -0.1) is 0 Å². The number of benzene rings is 1. The zero-order chi connectivity index (χ0) is 17.4. The highest BCUT2D eigenvalue weighted by atomic mass is 16.3. The molecule has 0 saturated carbocycles. The molecule has 4 rings (SSSR count). The van der Waals surface area contributed by atoms with Crippen molar-refractivity contribution in [1.29, 1.82) is 0 Å². The third-order valence-electron chi connectivity index (χ3n) is 4.38. The molecule has 0 radical (unpaired) electrons. The van der Waals surface area contributed by atoms with Crippen LogP contribution in [0.5, 0.6) is 0 Å². The number of furan rings is 1. The summed E-state index contributed by atoms with van der Waals surface area (Å²) in [4.78, 5) is 34.0. The SMILES string of the molecule is Cc1cccc(-c2nc3c(c(=O)[nH]2)CN(C(=O)c2ccco2)CC3)c1. The molecule has 1 aliphatic rings. The van der Waals surface area contributed by atoms with Crippen molar-refractivity contribution in [2.75, 3.05) is 6.54 Å². The largest absolute Gasteiger partial charge is 0.459 e. The van der Waals surface area contributed by atoms with Crippen molar-refractivity contribution in [1.82, 2.24) is 14.9 Å². The Morgan fingerprint density at radius 2 is 2.16 bits per heavy atom. The lowest BCUT2D eigenvalue weighted by Gasteiger charge is -2.27. The fourth-order valence-electron chi connectivity index (χ4n) is 3.08. The summed E-state index contributed by atoms with van der Waals surface area (Å²) >= 11 is 0. The third kappa shape index (κ3) is 2.87. The highest BCUT2D eigenvalue weighted by molar-refractivity contribution is 5.91. The van der Waals surface area contributed by atoms with E-state index in [-0.39, 0.29) is 23.8 Å². The van der Waals surface area contributed by atoms with Gasteiger partial charge in [-0.2, -0.15) is 0 Å². The summed E-state index contributed by atoms with van der Waals surface area (Å²) in [5, 5.41) is 0. The predicted molar refractivity (Wildman–Crippen MR) is 92.2 cm³/mol. The van der Waals surface area contributed by atoms with Gasteiger partial charge in [0.25, 0.3) is 11.5 Å². The van der Waals surface area contributed by atoms with E-state index in [0.29, 0.717) is 24.4 Å². The van der Waals surface area contributed by atoms with Gasteiger partial charge in [-0.3, -0.25) is 9.59 Å². The fourth-order valence-corrected chi connectivity index (χ4v) is 3.08. The quantitative estimate of drug-likeness (QED) is 0.780. The van der Waals surface area contributed by atoms with Gasteiger partial charge in [-0.25, -0.2) is 4.98 Å². The monoisotopic (exact) mass is 335 g/mol. The van der Waals surface area contributed by atoms with Gasteiger partial charge in [0.15, 0.2) is 5.76 Å². The number of aromatic amines is 1. The van der Waals surface area contributed by atoms with Gasteiger partial charge < -0.3 is 14.3 Å². The molecule has 0 atom stereocenters. The van der Waals surface area contributed by atoms with E-state index in [1.54, 1.807) is 17.0 Å². The zero-order valence-electron chi connectivity index (χ0n) is 13.8. The number of carbonyl (C=O) groups excluding carboxylic acids is 1. The average molecular weight is 335 g/mol. The number of rotatable bonds is 2. The van der Waals surface area contributed by atoms with Gasteiger partial charge in [0.2, 0.25) is 0 Å². The molecule has 0 fully saturated rings. The second-order valence-corrected chi connectivity index (χ2v) is 6.16. The first-order valence-electron chi connectivity index (χ1n) is 8.14. The fraction of sp³-hybridized carbons (Fsp3) is 0.211. The molecule has 0 spiro atoms. The topological polar surface area (TPSA) is 79.2 Å². The second-order valence-electron chi connectivity index (χ2n) is 6.16. The smallest absolute Gasteiger partial charge is 0.289 e. The van der Waals surface area contributed by atoms with Crippen LogP contribution in [0.1, 0.15) is 27.4 Å². The lowest BCUT2D eigenvalue weighted by atomic mass is 10.1. The summed E-state index contributed by atoms with van der Waals surface area (Å²) < 4.78 is 5.16. The van der Waals surface area contributed by atoms with Crippen molar-refractivity contribution in [2.45, 2.75) is 19.9 Å². The summed E-state index contributed by atoms with van der Waals surface area (Å²) in [5.41, 5.74) is 3.09. The minimum absolute atomic E-state index is 0.196. The Bertz CT molecular complexity index is 989. The first-order valence-corrected chi connectivity index (χ1v) is 8.14. The van der Waals surface area contributed by atoms with Gasteiger partial charge in [-0.1, -0.05) is 23.8 Å². The second kappa shape index (κ2) is 6.05. The van der Waals surface area contributed by atoms with Crippen molar-refractivity contribution in [2.24, 2.45) is 0 Å². The molecule has 1 N–H and O–H groups in total. The Balaban J connectivity index is 1.66. The Hall–Kier alpha value is -3.15. The first-order chi connectivity index (χ1) is 12.1. The molecule has 126 valence electrons. The van der Waals surface area contributed by atoms with Crippen molar-refractivity contribution >= 4 is 5.91 Å². The number of nitrogens with zero attached hydrogens (tertiary/aromatic N) is 2. The molecule has 25 heavy (non-hydrogen) atoms. The van der Waals surface area contributed by atoms with E-state index >= 15 is 0 Å². The molecule has 0 bridgehead atoms.